The maximum absolute atomic E-state index is 5.37. The zero-order valence-electron chi connectivity index (χ0n) is 10.4. The van der Waals surface area contributed by atoms with Gasteiger partial charge in [0, 0.05) is 25.3 Å². The first-order valence-electron chi connectivity index (χ1n) is 6.33. The zero-order valence-corrected chi connectivity index (χ0v) is 10.4. The van der Waals surface area contributed by atoms with Crippen molar-refractivity contribution in [1.29, 1.82) is 0 Å². The minimum absolute atomic E-state index is 0.127. The van der Waals surface area contributed by atoms with Crippen LogP contribution in [0.25, 0.3) is 0 Å². The van der Waals surface area contributed by atoms with Crippen LogP contribution in [0, 0.1) is 12.3 Å². The average molecular weight is 228 g/mol. The lowest BCUT2D eigenvalue weighted by atomic mass is 10.1. The molecule has 1 fully saturated rings. The van der Waals surface area contributed by atoms with Gasteiger partial charge in [-0.05, 0) is 31.4 Å². The lowest BCUT2D eigenvalue weighted by molar-refractivity contribution is 0.647. The molecule has 17 heavy (non-hydrogen) atoms. The summed E-state index contributed by atoms with van der Waals surface area (Å²) in [6.07, 6.45) is 7.99. The molecule has 0 amide bonds. The maximum Gasteiger partial charge on any atom is 0.0660 e. The summed E-state index contributed by atoms with van der Waals surface area (Å²) in [6, 6.07) is 8.73. The van der Waals surface area contributed by atoms with E-state index in [2.05, 4.69) is 40.4 Å². The fourth-order valence-electron chi connectivity index (χ4n) is 2.25. The van der Waals surface area contributed by atoms with Gasteiger partial charge in [0.1, 0.15) is 0 Å². The molecule has 0 saturated carbocycles. The van der Waals surface area contributed by atoms with Crippen LogP contribution in [0.3, 0.4) is 0 Å². The van der Waals surface area contributed by atoms with Gasteiger partial charge in [0.15, 0.2) is 0 Å². The highest BCUT2D eigenvalue weighted by Crippen LogP contribution is 2.24. The van der Waals surface area contributed by atoms with Crippen LogP contribution in [0.1, 0.15) is 25.3 Å². The van der Waals surface area contributed by atoms with E-state index in [-0.39, 0.29) is 6.04 Å². The second kappa shape index (κ2) is 5.75. The fourth-order valence-corrected chi connectivity index (χ4v) is 2.25. The Balaban J connectivity index is 2.08. The maximum atomic E-state index is 5.37. The summed E-state index contributed by atoms with van der Waals surface area (Å²) in [6.45, 7) is 5.22. The molecule has 1 N–H and O–H groups in total. The van der Waals surface area contributed by atoms with Gasteiger partial charge in [0.05, 0.1) is 6.04 Å². The molecule has 2 rings (SSSR count). The molecular weight excluding hydrogens is 208 g/mol. The van der Waals surface area contributed by atoms with Gasteiger partial charge in [0.2, 0.25) is 0 Å². The van der Waals surface area contributed by atoms with Crippen molar-refractivity contribution in [2.24, 2.45) is 0 Å². The number of nitrogens with one attached hydrogen (secondary N) is 1. The molecule has 1 aromatic rings. The van der Waals surface area contributed by atoms with Crippen LogP contribution < -0.4 is 10.2 Å². The summed E-state index contributed by atoms with van der Waals surface area (Å²) in [5, 5.41) is 3.35. The van der Waals surface area contributed by atoms with Crippen LogP contribution in [-0.2, 0) is 6.54 Å². The lowest BCUT2D eigenvalue weighted by Crippen LogP contribution is -2.26. The molecule has 1 unspecified atom stereocenters. The zero-order chi connectivity index (χ0) is 12.1. The summed E-state index contributed by atoms with van der Waals surface area (Å²) in [4.78, 5) is 2.47. The molecule has 0 aliphatic carbocycles. The Morgan fingerprint density at radius 2 is 2.06 bits per heavy atom. The number of hydrogen-bond acceptors (Lipinski definition) is 2. The normalized spacial score (nSPS) is 16.8. The van der Waals surface area contributed by atoms with Crippen molar-refractivity contribution in [2.75, 3.05) is 18.0 Å². The molecule has 1 aromatic carbocycles. The number of terminal acetylenes is 1. The first-order valence-corrected chi connectivity index (χ1v) is 6.33. The Kier molecular flexibility index (Phi) is 4.06. The molecule has 2 heteroatoms. The quantitative estimate of drug-likeness (QED) is 0.796. The molecule has 0 bridgehead atoms. The van der Waals surface area contributed by atoms with Crippen molar-refractivity contribution >= 4 is 5.69 Å². The minimum atomic E-state index is 0.127. The monoisotopic (exact) mass is 228 g/mol. The van der Waals surface area contributed by atoms with Gasteiger partial charge in [-0.3, -0.25) is 5.32 Å². The van der Waals surface area contributed by atoms with Gasteiger partial charge in [-0.1, -0.05) is 24.1 Å². The number of nitrogens with zero attached hydrogens (tertiary/aromatic N) is 1. The third-order valence-electron chi connectivity index (χ3n) is 3.29. The molecule has 1 aliphatic rings. The Bertz CT molecular complexity index is 400. The number of hydrogen-bond donors (Lipinski definition) is 1. The molecule has 0 radical (unpaired) electrons. The number of benzene rings is 1. The summed E-state index contributed by atoms with van der Waals surface area (Å²) in [7, 11) is 0. The Morgan fingerprint density at radius 1 is 1.35 bits per heavy atom. The molecule has 1 atom stereocenters. The largest absolute Gasteiger partial charge is 0.371 e. The van der Waals surface area contributed by atoms with E-state index < -0.39 is 0 Å². The highest BCUT2D eigenvalue weighted by Gasteiger charge is 2.15. The summed E-state index contributed by atoms with van der Waals surface area (Å²) >= 11 is 0. The fraction of sp³-hybridized carbons (Fsp3) is 0.467. The average Bonchev–Trinajstić information content (AvgIpc) is 2.90. The molecule has 0 aromatic heterocycles. The van der Waals surface area contributed by atoms with Gasteiger partial charge >= 0.3 is 0 Å². The third-order valence-corrected chi connectivity index (χ3v) is 3.29. The highest BCUT2D eigenvalue weighted by molar-refractivity contribution is 5.54. The van der Waals surface area contributed by atoms with Crippen molar-refractivity contribution in [3.05, 3.63) is 29.8 Å². The summed E-state index contributed by atoms with van der Waals surface area (Å²) in [5.74, 6) is 2.70. The first kappa shape index (κ1) is 12.0. The number of rotatable bonds is 4. The molecule has 2 nitrogen and oxygen atoms in total. The Hall–Kier alpha value is -1.46. The molecule has 1 aliphatic heterocycles. The van der Waals surface area contributed by atoms with Gasteiger partial charge in [-0.15, -0.1) is 6.42 Å². The van der Waals surface area contributed by atoms with Crippen LogP contribution in [-0.4, -0.2) is 19.1 Å². The van der Waals surface area contributed by atoms with E-state index >= 15 is 0 Å². The smallest absolute Gasteiger partial charge is 0.0660 e. The van der Waals surface area contributed by atoms with E-state index in [0.29, 0.717) is 0 Å². The standard InChI is InChI=1S/C15H20N2/c1-3-13(2)16-12-14-8-4-5-9-15(14)17-10-6-7-11-17/h1,4-5,8-9,13,16H,6-7,10-12H2,2H3. The highest BCUT2D eigenvalue weighted by atomic mass is 15.1. The second-order valence-corrected chi connectivity index (χ2v) is 4.59. The molecule has 1 saturated heterocycles. The summed E-state index contributed by atoms with van der Waals surface area (Å²) in [5.41, 5.74) is 2.71. The molecule has 0 spiro atoms. The van der Waals surface area contributed by atoms with Gasteiger partial charge in [-0.2, -0.15) is 0 Å². The van der Waals surface area contributed by atoms with E-state index in [1.54, 1.807) is 0 Å². The van der Waals surface area contributed by atoms with Crippen molar-refractivity contribution < 1.29 is 0 Å². The molecule has 90 valence electrons. The predicted octanol–water partition coefficient (Wildman–Crippen LogP) is 2.40. The van der Waals surface area contributed by atoms with Gasteiger partial charge in [-0.25, -0.2) is 0 Å². The van der Waals surface area contributed by atoms with Crippen molar-refractivity contribution in [2.45, 2.75) is 32.4 Å². The van der Waals surface area contributed by atoms with Crippen molar-refractivity contribution in [3.63, 3.8) is 0 Å². The van der Waals surface area contributed by atoms with E-state index in [0.717, 1.165) is 6.54 Å². The van der Waals surface area contributed by atoms with E-state index in [4.69, 9.17) is 6.42 Å². The number of para-hydroxylation sites is 1. The van der Waals surface area contributed by atoms with Crippen LogP contribution >= 0.6 is 0 Å². The predicted molar refractivity (Wildman–Crippen MR) is 73.0 cm³/mol. The van der Waals surface area contributed by atoms with Gasteiger partial charge < -0.3 is 4.90 Å². The lowest BCUT2D eigenvalue weighted by Gasteiger charge is -2.22. The summed E-state index contributed by atoms with van der Waals surface area (Å²) < 4.78 is 0. The Labute approximate surface area is 104 Å². The first-order chi connectivity index (χ1) is 8.31. The second-order valence-electron chi connectivity index (χ2n) is 4.59. The Morgan fingerprint density at radius 3 is 2.76 bits per heavy atom. The van der Waals surface area contributed by atoms with Crippen molar-refractivity contribution in [3.8, 4) is 12.3 Å². The van der Waals surface area contributed by atoms with E-state index in [1.807, 2.05) is 6.92 Å². The topological polar surface area (TPSA) is 15.3 Å². The SMILES string of the molecule is C#CC(C)NCc1ccccc1N1CCCC1. The van der Waals surface area contributed by atoms with E-state index in [1.165, 1.54) is 37.2 Å². The van der Waals surface area contributed by atoms with Crippen LogP contribution in [0.15, 0.2) is 24.3 Å². The van der Waals surface area contributed by atoms with Crippen LogP contribution in [0.4, 0.5) is 5.69 Å². The molecule has 1 heterocycles. The van der Waals surface area contributed by atoms with Crippen LogP contribution in [0.2, 0.25) is 0 Å². The van der Waals surface area contributed by atoms with Gasteiger partial charge in [0.25, 0.3) is 0 Å². The third kappa shape index (κ3) is 3.01. The molecular formula is C15H20N2. The number of anilines is 1. The van der Waals surface area contributed by atoms with Crippen molar-refractivity contribution in [1.82, 2.24) is 5.32 Å². The van der Waals surface area contributed by atoms with Crippen LogP contribution in [0.5, 0.6) is 0 Å². The minimum Gasteiger partial charge on any atom is -0.371 e. The van der Waals surface area contributed by atoms with E-state index in [9.17, 15) is 0 Å².